The first-order valence-electron chi connectivity index (χ1n) is 9.28. The number of carbonyl (C=O) groups excluding carboxylic acids is 1. The van der Waals surface area contributed by atoms with Gasteiger partial charge in [0, 0.05) is 11.4 Å². The minimum atomic E-state index is -0.264. The van der Waals surface area contributed by atoms with Gasteiger partial charge in [-0.1, -0.05) is 54.1 Å². The molecular weight excluding hydrogens is 372 g/mol. The number of aryl methyl sites for hydroxylation is 2. The van der Waals surface area contributed by atoms with Gasteiger partial charge in [-0.05, 0) is 66.8 Å². The summed E-state index contributed by atoms with van der Waals surface area (Å²) in [4.78, 5) is 12.0. The third kappa shape index (κ3) is 5.37. The molecule has 3 nitrogen and oxygen atoms in total. The molecule has 28 heavy (non-hydrogen) atoms. The van der Waals surface area contributed by atoms with Crippen LogP contribution in [0.25, 0.3) is 11.1 Å². The normalized spacial score (nSPS) is 10.5. The van der Waals surface area contributed by atoms with Crippen molar-refractivity contribution < 1.29 is 14.3 Å². The minimum Gasteiger partial charge on any atom is -0.494 e. The summed E-state index contributed by atoms with van der Waals surface area (Å²) in [5.41, 5.74) is 4.18. The molecule has 0 fully saturated rings. The van der Waals surface area contributed by atoms with Gasteiger partial charge < -0.3 is 9.47 Å². The summed E-state index contributed by atoms with van der Waals surface area (Å²) in [6, 6.07) is 21.4. The fraction of sp³-hybridized carbons (Fsp3) is 0.208. The van der Waals surface area contributed by atoms with E-state index in [1.807, 2.05) is 80.6 Å². The van der Waals surface area contributed by atoms with E-state index < -0.39 is 0 Å². The van der Waals surface area contributed by atoms with Gasteiger partial charge in [0.25, 0.3) is 0 Å². The lowest BCUT2D eigenvalue weighted by atomic mass is 10.1. The lowest BCUT2D eigenvalue weighted by Crippen LogP contribution is -2.10. The van der Waals surface area contributed by atoms with E-state index in [0.29, 0.717) is 25.2 Å². The van der Waals surface area contributed by atoms with Crippen LogP contribution in [0.2, 0.25) is 5.02 Å². The Morgan fingerprint density at radius 1 is 0.857 bits per heavy atom. The van der Waals surface area contributed by atoms with E-state index in [1.54, 1.807) is 0 Å². The molecular formula is C24H23ClO3. The molecule has 0 saturated carbocycles. The molecule has 0 heterocycles. The topological polar surface area (TPSA) is 35.5 Å². The summed E-state index contributed by atoms with van der Waals surface area (Å²) >= 11 is 6.16. The van der Waals surface area contributed by atoms with Crippen molar-refractivity contribution in [1.29, 1.82) is 0 Å². The smallest absolute Gasteiger partial charge is 0.311 e. The largest absolute Gasteiger partial charge is 0.494 e. The zero-order chi connectivity index (χ0) is 19.9. The van der Waals surface area contributed by atoms with Crippen LogP contribution in [0.5, 0.6) is 11.5 Å². The molecule has 0 N–H and O–H groups in total. The maximum atomic E-state index is 12.0. The molecule has 0 saturated heterocycles. The van der Waals surface area contributed by atoms with Crippen molar-refractivity contribution in [2.45, 2.75) is 26.7 Å². The molecule has 0 aliphatic carbocycles. The number of halogens is 1. The van der Waals surface area contributed by atoms with Crippen LogP contribution in [0.3, 0.4) is 0 Å². The van der Waals surface area contributed by atoms with Gasteiger partial charge in [-0.3, -0.25) is 4.79 Å². The van der Waals surface area contributed by atoms with Crippen molar-refractivity contribution in [3.8, 4) is 22.6 Å². The van der Waals surface area contributed by atoms with Gasteiger partial charge in [-0.15, -0.1) is 0 Å². The van der Waals surface area contributed by atoms with Crippen molar-refractivity contribution in [3.05, 3.63) is 82.9 Å². The maximum Gasteiger partial charge on any atom is 0.311 e. The Kier molecular flexibility index (Phi) is 6.72. The minimum absolute atomic E-state index is 0.264. The van der Waals surface area contributed by atoms with Gasteiger partial charge in [0.15, 0.2) is 0 Å². The Labute approximate surface area is 170 Å². The lowest BCUT2D eigenvalue weighted by Gasteiger charge is -2.10. The summed E-state index contributed by atoms with van der Waals surface area (Å²) in [6.07, 6.45) is 0.883. The van der Waals surface area contributed by atoms with Crippen LogP contribution in [-0.2, 0) is 4.79 Å². The van der Waals surface area contributed by atoms with E-state index in [1.165, 1.54) is 0 Å². The highest BCUT2D eigenvalue weighted by Crippen LogP contribution is 2.26. The van der Waals surface area contributed by atoms with E-state index >= 15 is 0 Å². The molecule has 3 rings (SSSR count). The lowest BCUT2D eigenvalue weighted by molar-refractivity contribution is -0.134. The number of carbonyl (C=O) groups is 1. The molecule has 0 aromatic heterocycles. The second-order valence-corrected chi connectivity index (χ2v) is 7.07. The molecule has 0 spiro atoms. The maximum absolute atomic E-state index is 12.0. The Balaban J connectivity index is 1.44. The van der Waals surface area contributed by atoms with Crippen molar-refractivity contribution >= 4 is 17.6 Å². The van der Waals surface area contributed by atoms with E-state index in [4.69, 9.17) is 21.1 Å². The van der Waals surface area contributed by atoms with Crippen molar-refractivity contribution in [3.63, 3.8) is 0 Å². The van der Waals surface area contributed by atoms with E-state index in [-0.39, 0.29) is 5.97 Å². The Morgan fingerprint density at radius 3 is 2.11 bits per heavy atom. The Bertz CT molecular complexity index is 911. The highest BCUT2D eigenvalue weighted by Gasteiger charge is 2.07. The third-order valence-corrected chi connectivity index (χ3v) is 4.99. The summed E-state index contributed by atoms with van der Waals surface area (Å²) < 4.78 is 11.1. The van der Waals surface area contributed by atoms with Crippen LogP contribution in [0.4, 0.5) is 0 Å². The van der Waals surface area contributed by atoms with Crippen molar-refractivity contribution in [2.24, 2.45) is 0 Å². The van der Waals surface area contributed by atoms with Gasteiger partial charge in [0.2, 0.25) is 0 Å². The number of esters is 1. The van der Waals surface area contributed by atoms with Crippen LogP contribution in [0.1, 0.15) is 24.0 Å². The van der Waals surface area contributed by atoms with Gasteiger partial charge in [0.1, 0.15) is 11.5 Å². The number of hydrogen-bond donors (Lipinski definition) is 0. The average Bonchev–Trinajstić information content (AvgIpc) is 2.70. The van der Waals surface area contributed by atoms with Gasteiger partial charge in [-0.25, -0.2) is 0 Å². The summed E-state index contributed by atoms with van der Waals surface area (Å²) in [6.45, 7) is 4.34. The first-order chi connectivity index (χ1) is 13.5. The van der Waals surface area contributed by atoms with Gasteiger partial charge in [0.05, 0.1) is 6.61 Å². The zero-order valence-corrected chi connectivity index (χ0v) is 16.8. The monoisotopic (exact) mass is 394 g/mol. The first kappa shape index (κ1) is 20.0. The van der Waals surface area contributed by atoms with Crippen LogP contribution in [0.15, 0.2) is 66.7 Å². The number of hydrogen-bond acceptors (Lipinski definition) is 3. The number of rotatable bonds is 7. The van der Waals surface area contributed by atoms with Crippen molar-refractivity contribution in [1.82, 2.24) is 0 Å². The van der Waals surface area contributed by atoms with E-state index in [9.17, 15) is 4.79 Å². The summed E-state index contributed by atoms with van der Waals surface area (Å²) in [5.74, 6) is 1.05. The highest BCUT2D eigenvalue weighted by atomic mass is 35.5. The molecule has 0 aliphatic heterocycles. The molecule has 3 aromatic rings. The van der Waals surface area contributed by atoms with Crippen LogP contribution >= 0.6 is 11.6 Å². The standard InChI is InChI=1S/C24H23ClO3/c1-17-15-22(16-18(2)24(17)25)27-14-6-9-23(26)28-21-12-10-20(11-13-21)19-7-4-3-5-8-19/h3-5,7-8,10-13,15-16H,6,9,14H2,1-2H3. The zero-order valence-electron chi connectivity index (χ0n) is 16.1. The summed E-state index contributed by atoms with van der Waals surface area (Å²) in [5, 5.41) is 0.759. The van der Waals surface area contributed by atoms with Gasteiger partial charge in [-0.2, -0.15) is 0 Å². The van der Waals surface area contributed by atoms with Crippen LogP contribution in [-0.4, -0.2) is 12.6 Å². The Hall–Kier alpha value is -2.78. The van der Waals surface area contributed by atoms with Crippen LogP contribution in [0, 0.1) is 13.8 Å². The Morgan fingerprint density at radius 2 is 1.46 bits per heavy atom. The van der Waals surface area contributed by atoms with Crippen LogP contribution < -0.4 is 9.47 Å². The molecule has 0 radical (unpaired) electrons. The summed E-state index contributed by atoms with van der Waals surface area (Å²) in [7, 11) is 0. The number of benzene rings is 3. The molecule has 0 atom stereocenters. The molecule has 0 unspecified atom stereocenters. The quantitative estimate of drug-likeness (QED) is 0.264. The van der Waals surface area contributed by atoms with E-state index in [0.717, 1.165) is 33.0 Å². The predicted octanol–water partition coefficient (Wildman–Crippen LogP) is 6.39. The molecule has 0 amide bonds. The van der Waals surface area contributed by atoms with E-state index in [2.05, 4.69) is 0 Å². The average molecular weight is 395 g/mol. The molecule has 3 aromatic carbocycles. The molecule has 0 bridgehead atoms. The highest BCUT2D eigenvalue weighted by molar-refractivity contribution is 6.32. The number of ether oxygens (including phenoxy) is 2. The SMILES string of the molecule is Cc1cc(OCCCC(=O)Oc2ccc(-c3ccccc3)cc2)cc(C)c1Cl. The fourth-order valence-electron chi connectivity index (χ4n) is 2.92. The first-order valence-corrected chi connectivity index (χ1v) is 9.66. The molecule has 0 aliphatic rings. The predicted molar refractivity (Wildman–Crippen MR) is 113 cm³/mol. The third-order valence-electron chi connectivity index (χ3n) is 4.40. The molecule has 4 heteroatoms. The second kappa shape index (κ2) is 9.43. The van der Waals surface area contributed by atoms with Gasteiger partial charge >= 0.3 is 5.97 Å². The second-order valence-electron chi connectivity index (χ2n) is 6.69. The van der Waals surface area contributed by atoms with Crippen molar-refractivity contribution in [2.75, 3.05) is 6.61 Å². The fourth-order valence-corrected chi connectivity index (χ4v) is 3.03. The molecule has 144 valence electrons.